The highest BCUT2D eigenvalue weighted by atomic mass is 79.9. The topological polar surface area (TPSA) is 51.5 Å². The van der Waals surface area contributed by atoms with Crippen LogP contribution in [0.2, 0.25) is 0 Å². The molecule has 1 heterocycles. The molecule has 1 N–H and O–H groups in total. The molecule has 28 heavy (non-hydrogen) atoms. The Morgan fingerprint density at radius 3 is 2.61 bits per heavy atom. The fourth-order valence-electron chi connectivity index (χ4n) is 3.28. The van der Waals surface area contributed by atoms with E-state index in [1.807, 2.05) is 71.4 Å². The molecule has 140 valence electrons. The normalized spacial score (nSPS) is 10.9. The first-order chi connectivity index (χ1) is 13.6. The van der Waals surface area contributed by atoms with E-state index in [0.717, 1.165) is 32.3 Å². The van der Waals surface area contributed by atoms with E-state index in [0.29, 0.717) is 18.7 Å². The zero-order valence-electron chi connectivity index (χ0n) is 15.0. The summed E-state index contributed by atoms with van der Waals surface area (Å²) in [5.74, 6) is -0.110. The van der Waals surface area contributed by atoms with Crippen molar-refractivity contribution in [2.45, 2.75) is 13.2 Å². The second-order valence-electron chi connectivity index (χ2n) is 6.51. The summed E-state index contributed by atoms with van der Waals surface area (Å²) in [7, 11) is 0. The molecule has 1 aromatic heterocycles. The van der Waals surface area contributed by atoms with Crippen LogP contribution in [0.15, 0.2) is 83.5 Å². The van der Waals surface area contributed by atoms with Gasteiger partial charge in [-0.1, -0.05) is 52.3 Å². The van der Waals surface area contributed by atoms with Gasteiger partial charge in [-0.05, 0) is 42.0 Å². The number of hydrogen-bond donors (Lipinski definition) is 1. The van der Waals surface area contributed by atoms with Crippen molar-refractivity contribution >= 4 is 32.8 Å². The van der Waals surface area contributed by atoms with E-state index in [1.54, 1.807) is 12.1 Å². The van der Waals surface area contributed by atoms with Crippen molar-refractivity contribution in [1.29, 1.82) is 0 Å². The number of aromatic carboxylic acids is 1. The molecule has 4 rings (SSSR count). The first-order valence-corrected chi connectivity index (χ1v) is 9.67. The van der Waals surface area contributed by atoms with Gasteiger partial charge in [0.05, 0.1) is 12.1 Å². The van der Waals surface area contributed by atoms with Crippen molar-refractivity contribution in [2.24, 2.45) is 0 Å². The van der Waals surface area contributed by atoms with Gasteiger partial charge in [0.1, 0.15) is 12.4 Å². The molecule has 4 aromatic rings. The molecule has 0 amide bonds. The van der Waals surface area contributed by atoms with Crippen molar-refractivity contribution in [2.75, 3.05) is 0 Å². The van der Waals surface area contributed by atoms with Crippen molar-refractivity contribution in [1.82, 2.24) is 4.57 Å². The molecule has 0 spiro atoms. The number of nitrogens with zero attached hydrogens (tertiary/aromatic N) is 1. The van der Waals surface area contributed by atoms with Gasteiger partial charge in [0, 0.05) is 27.1 Å². The van der Waals surface area contributed by atoms with Gasteiger partial charge in [0.15, 0.2) is 0 Å². The number of benzene rings is 3. The molecule has 0 saturated heterocycles. The third-order valence-corrected chi connectivity index (χ3v) is 5.14. The molecule has 0 aliphatic heterocycles. The maximum absolute atomic E-state index is 11.5. The summed E-state index contributed by atoms with van der Waals surface area (Å²) in [5, 5.41) is 10.1. The molecule has 0 atom stereocenters. The number of carboxylic acids is 1. The van der Waals surface area contributed by atoms with E-state index < -0.39 is 5.97 Å². The number of carboxylic acid groups (broad SMARTS) is 1. The lowest BCUT2D eigenvalue weighted by Gasteiger charge is -2.14. The van der Waals surface area contributed by atoms with E-state index in [2.05, 4.69) is 15.9 Å². The molecule has 4 nitrogen and oxygen atoms in total. The maximum atomic E-state index is 11.5. The molecule has 0 saturated carbocycles. The number of halogens is 1. The summed E-state index contributed by atoms with van der Waals surface area (Å²) < 4.78 is 9.08. The van der Waals surface area contributed by atoms with Crippen LogP contribution in [-0.2, 0) is 13.2 Å². The van der Waals surface area contributed by atoms with Crippen LogP contribution in [0.3, 0.4) is 0 Å². The lowest BCUT2D eigenvalue weighted by molar-refractivity contribution is 0.0699. The standard InChI is InChI=1S/C23H18BrNO3/c24-18-9-10-22(28-15-16-5-2-1-3-6-16)17(13-18)14-25-12-11-19-20(23(26)27)7-4-8-21(19)25/h1-13H,14-15H2,(H,26,27). The lowest BCUT2D eigenvalue weighted by Crippen LogP contribution is -2.03. The number of rotatable bonds is 6. The summed E-state index contributed by atoms with van der Waals surface area (Å²) in [6.45, 7) is 1.07. The molecule has 0 bridgehead atoms. The summed E-state index contributed by atoms with van der Waals surface area (Å²) in [4.78, 5) is 11.5. The zero-order valence-corrected chi connectivity index (χ0v) is 16.6. The first-order valence-electron chi connectivity index (χ1n) is 8.88. The van der Waals surface area contributed by atoms with Crippen LogP contribution in [-0.4, -0.2) is 15.6 Å². The predicted molar refractivity (Wildman–Crippen MR) is 113 cm³/mol. The predicted octanol–water partition coefficient (Wildman–Crippen LogP) is 5.73. The molecule has 3 aromatic carbocycles. The van der Waals surface area contributed by atoms with Crippen LogP contribution >= 0.6 is 15.9 Å². The Balaban J connectivity index is 1.64. The Morgan fingerprint density at radius 2 is 1.82 bits per heavy atom. The van der Waals surface area contributed by atoms with Crippen molar-refractivity contribution in [3.63, 3.8) is 0 Å². The summed E-state index contributed by atoms with van der Waals surface area (Å²) in [6.07, 6.45) is 1.92. The Morgan fingerprint density at radius 1 is 1.00 bits per heavy atom. The molecule has 0 radical (unpaired) electrons. The minimum Gasteiger partial charge on any atom is -0.489 e. The Bertz CT molecular complexity index is 1140. The van der Waals surface area contributed by atoms with E-state index in [-0.39, 0.29) is 0 Å². The van der Waals surface area contributed by atoms with E-state index in [9.17, 15) is 9.90 Å². The van der Waals surface area contributed by atoms with Crippen LogP contribution in [0.5, 0.6) is 5.75 Å². The second kappa shape index (κ2) is 7.90. The minimum atomic E-state index is -0.919. The van der Waals surface area contributed by atoms with Gasteiger partial charge in [0.25, 0.3) is 0 Å². The van der Waals surface area contributed by atoms with Crippen LogP contribution in [0, 0.1) is 0 Å². The highest BCUT2D eigenvalue weighted by molar-refractivity contribution is 9.10. The third-order valence-electron chi connectivity index (χ3n) is 4.64. The zero-order chi connectivity index (χ0) is 19.5. The average Bonchev–Trinajstić information content (AvgIpc) is 3.11. The Hall–Kier alpha value is -3.05. The van der Waals surface area contributed by atoms with Gasteiger partial charge in [-0.15, -0.1) is 0 Å². The Labute approximate surface area is 171 Å². The van der Waals surface area contributed by atoms with E-state index >= 15 is 0 Å². The molecule has 0 fully saturated rings. The van der Waals surface area contributed by atoms with Gasteiger partial charge < -0.3 is 14.4 Å². The number of hydrogen-bond acceptors (Lipinski definition) is 2. The van der Waals surface area contributed by atoms with Crippen LogP contribution < -0.4 is 4.74 Å². The third kappa shape index (κ3) is 3.80. The van der Waals surface area contributed by atoms with Gasteiger partial charge in [-0.2, -0.15) is 0 Å². The summed E-state index contributed by atoms with van der Waals surface area (Å²) in [6, 6.07) is 23.2. The number of carbonyl (C=O) groups is 1. The van der Waals surface area contributed by atoms with Crippen LogP contribution in [0.1, 0.15) is 21.5 Å². The van der Waals surface area contributed by atoms with E-state index in [1.165, 1.54) is 0 Å². The van der Waals surface area contributed by atoms with Crippen LogP contribution in [0.4, 0.5) is 0 Å². The van der Waals surface area contributed by atoms with Crippen molar-refractivity contribution in [3.8, 4) is 5.75 Å². The quantitative estimate of drug-likeness (QED) is 0.420. The van der Waals surface area contributed by atoms with Gasteiger partial charge in [-0.3, -0.25) is 0 Å². The highest BCUT2D eigenvalue weighted by Gasteiger charge is 2.13. The minimum absolute atomic E-state index is 0.311. The Kier molecular flexibility index (Phi) is 5.17. The molecule has 0 aliphatic rings. The second-order valence-corrected chi connectivity index (χ2v) is 7.43. The molecular formula is C23H18BrNO3. The van der Waals surface area contributed by atoms with Crippen molar-refractivity contribution < 1.29 is 14.6 Å². The molecule has 0 aliphatic carbocycles. The first kappa shape index (κ1) is 18.3. The van der Waals surface area contributed by atoms with Gasteiger partial charge in [0.2, 0.25) is 0 Å². The average molecular weight is 436 g/mol. The van der Waals surface area contributed by atoms with Crippen LogP contribution in [0.25, 0.3) is 10.9 Å². The van der Waals surface area contributed by atoms with Gasteiger partial charge >= 0.3 is 5.97 Å². The van der Waals surface area contributed by atoms with Gasteiger partial charge in [-0.25, -0.2) is 4.79 Å². The molecule has 5 heteroatoms. The lowest BCUT2D eigenvalue weighted by atomic mass is 10.1. The van der Waals surface area contributed by atoms with Crippen molar-refractivity contribution in [3.05, 3.63) is 100 Å². The monoisotopic (exact) mass is 435 g/mol. The summed E-state index contributed by atoms with van der Waals surface area (Å²) >= 11 is 3.53. The van der Waals surface area contributed by atoms with E-state index in [4.69, 9.17) is 4.74 Å². The maximum Gasteiger partial charge on any atom is 0.336 e. The smallest absolute Gasteiger partial charge is 0.336 e. The molecular weight excluding hydrogens is 418 g/mol. The molecule has 0 unspecified atom stereocenters. The fraction of sp³-hybridized carbons (Fsp3) is 0.0870. The SMILES string of the molecule is O=C(O)c1cccc2c1ccn2Cc1cc(Br)ccc1OCc1ccccc1. The number of ether oxygens (including phenoxy) is 1. The summed E-state index contributed by atoms with van der Waals surface area (Å²) in [5.41, 5.74) is 3.32. The largest absolute Gasteiger partial charge is 0.489 e. The number of fused-ring (bicyclic) bond motifs is 1. The number of aromatic nitrogens is 1. The fourth-order valence-corrected chi connectivity index (χ4v) is 3.69. The highest BCUT2D eigenvalue weighted by Crippen LogP contribution is 2.27.